The van der Waals surface area contributed by atoms with Gasteiger partial charge in [0.05, 0.1) is 24.2 Å². The van der Waals surface area contributed by atoms with E-state index in [9.17, 15) is 9.59 Å². The molecule has 1 aliphatic heterocycles. The monoisotopic (exact) mass is 457 g/mol. The number of hydrogen-bond acceptors (Lipinski definition) is 7. The Kier molecular flexibility index (Phi) is 6.52. The number of ether oxygens (including phenoxy) is 2. The molecule has 0 radical (unpaired) electrons. The Morgan fingerprint density at radius 2 is 1.67 bits per heavy atom. The molecule has 4 rings (SSSR count). The van der Waals surface area contributed by atoms with Crippen LogP contribution in [0.2, 0.25) is 0 Å². The number of fused-ring (bicyclic) bond motifs is 1. The number of nitrogens with zero attached hydrogens (tertiary/aromatic N) is 4. The summed E-state index contributed by atoms with van der Waals surface area (Å²) in [6.45, 7) is 8.89. The summed E-state index contributed by atoms with van der Waals surface area (Å²) in [6.07, 6.45) is 6.10. The molecule has 33 heavy (non-hydrogen) atoms. The van der Waals surface area contributed by atoms with E-state index in [-0.39, 0.29) is 6.09 Å². The highest BCUT2D eigenvalue weighted by molar-refractivity contribution is 6.00. The van der Waals surface area contributed by atoms with Gasteiger partial charge in [-0.15, -0.1) is 0 Å². The highest BCUT2D eigenvalue weighted by atomic mass is 16.6. The number of nitrogens with two attached hydrogens (primary N) is 1. The van der Waals surface area contributed by atoms with Gasteiger partial charge in [-0.2, -0.15) is 5.10 Å². The van der Waals surface area contributed by atoms with E-state index in [0.29, 0.717) is 36.4 Å². The van der Waals surface area contributed by atoms with Crippen molar-refractivity contribution in [3.05, 3.63) is 23.9 Å². The first kappa shape index (κ1) is 23.4. The molecular formula is C24H35N5O4. The lowest BCUT2D eigenvalue weighted by atomic mass is 9.90. The van der Waals surface area contributed by atoms with Gasteiger partial charge in [0.2, 0.25) is 0 Å². The van der Waals surface area contributed by atoms with E-state index in [2.05, 4.69) is 4.90 Å². The van der Waals surface area contributed by atoms with Gasteiger partial charge in [-0.3, -0.25) is 9.58 Å². The van der Waals surface area contributed by atoms with E-state index in [0.717, 1.165) is 49.7 Å². The van der Waals surface area contributed by atoms with Crippen LogP contribution in [-0.2, 0) is 9.47 Å². The molecule has 1 amide bonds. The fourth-order valence-electron chi connectivity index (χ4n) is 4.87. The van der Waals surface area contributed by atoms with Crippen LogP contribution in [0, 0.1) is 0 Å². The predicted octanol–water partition coefficient (Wildman–Crippen LogP) is 3.44. The van der Waals surface area contributed by atoms with Gasteiger partial charge in [-0.05, 0) is 58.6 Å². The number of methoxy groups -OCH3 is 1. The third kappa shape index (κ3) is 5.24. The molecule has 2 N–H and O–H groups in total. The van der Waals surface area contributed by atoms with Gasteiger partial charge in [-0.25, -0.2) is 9.59 Å². The number of esters is 1. The summed E-state index contributed by atoms with van der Waals surface area (Å²) >= 11 is 0. The van der Waals surface area contributed by atoms with Gasteiger partial charge in [-0.1, -0.05) is 0 Å². The van der Waals surface area contributed by atoms with Crippen LogP contribution < -0.4 is 5.73 Å². The molecule has 9 nitrogen and oxygen atoms in total. The van der Waals surface area contributed by atoms with Crippen LogP contribution in [0.4, 0.5) is 10.5 Å². The second-order valence-corrected chi connectivity index (χ2v) is 10.1. The SMILES string of the molecule is COC(=O)c1cc2nn(C3CCC(N4CCN(C(=O)OC(C)(C)C)CC4)CC3)cc2cc1N. The number of anilines is 1. The van der Waals surface area contributed by atoms with Crippen LogP contribution in [0.5, 0.6) is 0 Å². The van der Waals surface area contributed by atoms with E-state index in [4.69, 9.17) is 20.3 Å². The molecule has 1 aromatic heterocycles. The Labute approximate surface area is 194 Å². The summed E-state index contributed by atoms with van der Waals surface area (Å²) in [5.74, 6) is -0.448. The first-order chi connectivity index (χ1) is 15.6. The van der Waals surface area contributed by atoms with Crippen LogP contribution in [0.25, 0.3) is 10.9 Å². The highest BCUT2D eigenvalue weighted by Gasteiger charge is 2.31. The number of amides is 1. The van der Waals surface area contributed by atoms with Gasteiger partial charge < -0.3 is 20.1 Å². The zero-order valence-electron chi connectivity index (χ0n) is 20.0. The van der Waals surface area contributed by atoms with Crippen molar-refractivity contribution in [2.24, 2.45) is 0 Å². The van der Waals surface area contributed by atoms with Gasteiger partial charge >= 0.3 is 12.1 Å². The summed E-state index contributed by atoms with van der Waals surface area (Å²) in [4.78, 5) is 28.6. The topological polar surface area (TPSA) is 103 Å². The maximum absolute atomic E-state index is 12.3. The molecule has 0 unspecified atom stereocenters. The van der Waals surface area contributed by atoms with Crippen molar-refractivity contribution in [3.8, 4) is 0 Å². The van der Waals surface area contributed by atoms with E-state index in [1.54, 1.807) is 12.1 Å². The summed E-state index contributed by atoms with van der Waals surface area (Å²) in [5.41, 5.74) is 7.08. The third-order valence-electron chi connectivity index (χ3n) is 6.62. The van der Waals surface area contributed by atoms with E-state index < -0.39 is 11.6 Å². The fraction of sp³-hybridized carbons (Fsp3) is 0.625. The van der Waals surface area contributed by atoms with Crippen molar-refractivity contribution in [1.29, 1.82) is 0 Å². The molecule has 0 atom stereocenters. The zero-order chi connectivity index (χ0) is 23.8. The molecule has 1 saturated heterocycles. The number of hydrogen-bond donors (Lipinski definition) is 1. The van der Waals surface area contributed by atoms with Gasteiger partial charge in [0.25, 0.3) is 0 Å². The Hall–Kier alpha value is -2.81. The number of aromatic nitrogens is 2. The van der Waals surface area contributed by atoms with Crippen molar-refractivity contribution in [3.63, 3.8) is 0 Å². The van der Waals surface area contributed by atoms with Crippen LogP contribution >= 0.6 is 0 Å². The lowest BCUT2D eigenvalue weighted by molar-refractivity contribution is 0.00721. The normalized spacial score (nSPS) is 22.4. The fourth-order valence-corrected chi connectivity index (χ4v) is 4.87. The molecule has 2 aromatic rings. The maximum atomic E-state index is 12.3. The smallest absolute Gasteiger partial charge is 0.410 e. The molecule has 0 spiro atoms. The van der Waals surface area contributed by atoms with E-state index in [1.165, 1.54) is 7.11 Å². The number of piperazine rings is 1. The Balaban J connectivity index is 1.32. The van der Waals surface area contributed by atoms with Crippen molar-refractivity contribution in [2.75, 3.05) is 39.0 Å². The molecule has 1 saturated carbocycles. The molecule has 9 heteroatoms. The second-order valence-electron chi connectivity index (χ2n) is 10.1. The summed E-state index contributed by atoms with van der Waals surface area (Å²) in [6, 6.07) is 4.37. The second kappa shape index (κ2) is 9.21. The summed E-state index contributed by atoms with van der Waals surface area (Å²) in [5, 5.41) is 5.66. The molecule has 0 bridgehead atoms. The number of nitrogen functional groups attached to an aromatic ring is 1. The minimum Gasteiger partial charge on any atom is -0.465 e. The Morgan fingerprint density at radius 3 is 2.27 bits per heavy atom. The third-order valence-corrected chi connectivity index (χ3v) is 6.62. The van der Waals surface area contributed by atoms with Crippen LogP contribution in [0.1, 0.15) is 62.9 Å². The first-order valence-electron chi connectivity index (χ1n) is 11.7. The highest BCUT2D eigenvalue weighted by Crippen LogP contribution is 2.33. The van der Waals surface area contributed by atoms with Crippen molar-refractivity contribution in [1.82, 2.24) is 19.6 Å². The molecule has 180 valence electrons. The van der Waals surface area contributed by atoms with Gasteiger partial charge in [0, 0.05) is 49.5 Å². The van der Waals surface area contributed by atoms with E-state index in [1.807, 2.05) is 36.5 Å². The number of rotatable bonds is 3. The maximum Gasteiger partial charge on any atom is 0.410 e. The Bertz CT molecular complexity index is 1010. The molecular weight excluding hydrogens is 422 g/mol. The first-order valence-corrected chi connectivity index (χ1v) is 11.7. The number of carbonyl (C=O) groups is 2. The molecule has 2 aliphatic rings. The number of benzene rings is 1. The lowest BCUT2D eigenvalue weighted by Gasteiger charge is -2.42. The van der Waals surface area contributed by atoms with Crippen molar-refractivity contribution >= 4 is 28.7 Å². The van der Waals surface area contributed by atoms with Crippen molar-refractivity contribution in [2.45, 2.75) is 64.1 Å². The van der Waals surface area contributed by atoms with Crippen LogP contribution in [0.3, 0.4) is 0 Å². The minimum atomic E-state index is -0.462. The average Bonchev–Trinajstić information content (AvgIpc) is 3.20. The average molecular weight is 458 g/mol. The van der Waals surface area contributed by atoms with Crippen LogP contribution in [-0.4, -0.2) is 76.6 Å². The molecule has 2 heterocycles. The largest absolute Gasteiger partial charge is 0.465 e. The Morgan fingerprint density at radius 1 is 1.03 bits per heavy atom. The predicted molar refractivity (Wildman–Crippen MR) is 126 cm³/mol. The summed E-state index contributed by atoms with van der Waals surface area (Å²) in [7, 11) is 1.35. The summed E-state index contributed by atoms with van der Waals surface area (Å²) < 4.78 is 12.3. The van der Waals surface area contributed by atoms with Gasteiger partial charge in [0.15, 0.2) is 0 Å². The minimum absolute atomic E-state index is 0.215. The van der Waals surface area contributed by atoms with Crippen LogP contribution in [0.15, 0.2) is 18.3 Å². The lowest BCUT2D eigenvalue weighted by Crippen LogP contribution is -2.53. The quantitative estimate of drug-likeness (QED) is 0.556. The van der Waals surface area contributed by atoms with Crippen molar-refractivity contribution < 1.29 is 19.1 Å². The van der Waals surface area contributed by atoms with E-state index >= 15 is 0 Å². The standard InChI is InChI=1S/C24H35N5O4/c1-24(2,3)33-23(31)28-11-9-27(10-12-28)17-5-7-18(8-6-17)29-15-16-13-20(25)19(22(30)32-4)14-21(16)26-29/h13-15,17-18H,5-12,25H2,1-4H3. The molecule has 1 aromatic carbocycles. The molecule has 1 aliphatic carbocycles. The van der Waals surface area contributed by atoms with Gasteiger partial charge in [0.1, 0.15) is 5.60 Å². The number of carbonyl (C=O) groups excluding carboxylic acids is 2. The zero-order valence-corrected chi connectivity index (χ0v) is 20.0. The molecule has 2 fully saturated rings.